The fourth-order valence-corrected chi connectivity index (χ4v) is 6.19. The molecule has 7 heteroatoms. The van der Waals surface area contributed by atoms with Gasteiger partial charge in [0.05, 0.1) is 11.0 Å². The zero-order valence-electron chi connectivity index (χ0n) is 14.9. The molecule has 0 aliphatic heterocycles. The monoisotopic (exact) mass is 377 g/mol. The highest BCUT2D eigenvalue weighted by Gasteiger charge is 2.51. The van der Waals surface area contributed by atoms with E-state index in [0.29, 0.717) is 23.3 Å². The lowest BCUT2D eigenvalue weighted by Gasteiger charge is -2.56. The third-order valence-electron chi connectivity index (χ3n) is 6.65. The molecule has 144 valence electrons. The summed E-state index contributed by atoms with van der Waals surface area (Å²) in [6, 6.07) is 6.43. The molecule has 4 bridgehead atoms. The van der Waals surface area contributed by atoms with Crippen LogP contribution >= 0.6 is 0 Å². The summed E-state index contributed by atoms with van der Waals surface area (Å²) in [5, 5.41) is 3.15. The predicted molar refractivity (Wildman–Crippen MR) is 93.8 cm³/mol. The van der Waals surface area contributed by atoms with Crippen LogP contribution in [0.4, 0.5) is 13.2 Å². The molecule has 0 unspecified atom stereocenters. The number of carbonyl (C=O) groups excluding carboxylic acids is 1. The van der Waals surface area contributed by atoms with Gasteiger partial charge in [0, 0.05) is 5.54 Å². The average Bonchev–Trinajstić information content (AvgIpc) is 2.92. The molecule has 0 spiro atoms. The third-order valence-corrected chi connectivity index (χ3v) is 6.65. The van der Waals surface area contributed by atoms with Crippen molar-refractivity contribution in [1.82, 2.24) is 14.9 Å². The number of halogens is 3. The van der Waals surface area contributed by atoms with Gasteiger partial charge in [-0.3, -0.25) is 4.79 Å². The standard InChI is InChI=1S/C20H22F3N3O/c21-20(22,23)18-24-15-3-1-2-4-16(15)26(18)11-17(27)25-19-8-12-5-13(9-19)7-14(6-12)10-19/h1-4,12-14H,5-11H2,(H,25,27). The fourth-order valence-electron chi connectivity index (χ4n) is 6.19. The minimum Gasteiger partial charge on any atom is -0.349 e. The molecule has 1 aromatic heterocycles. The number of hydrogen-bond acceptors (Lipinski definition) is 2. The van der Waals surface area contributed by atoms with Gasteiger partial charge in [-0.25, -0.2) is 4.98 Å². The van der Waals surface area contributed by atoms with Crippen molar-refractivity contribution in [3.8, 4) is 0 Å². The second kappa shape index (κ2) is 5.72. The molecule has 0 atom stereocenters. The number of alkyl halides is 3. The highest BCUT2D eigenvalue weighted by atomic mass is 19.4. The fraction of sp³-hybridized carbons (Fsp3) is 0.600. The first kappa shape index (κ1) is 17.1. The Kier molecular flexibility index (Phi) is 3.62. The Balaban J connectivity index is 1.42. The lowest BCUT2D eigenvalue weighted by atomic mass is 9.53. The number of rotatable bonds is 3. The van der Waals surface area contributed by atoms with Crippen LogP contribution in [0.2, 0.25) is 0 Å². The van der Waals surface area contributed by atoms with Crippen LogP contribution in [-0.4, -0.2) is 21.0 Å². The molecule has 4 saturated carbocycles. The molecule has 6 rings (SSSR count). The summed E-state index contributed by atoms with van der Waals surface area (Å²) in [7, 11) is 0. The van der Waals surface area contributed by atoms with Gasteiger partial charge in [-0.1, -0.05) is 12.1 Å². The summed E-state index contributed by atoms with van der Waals surface area (Å²) in [6.45, 7) is -0.350. The number of hydrogen-bond donors (Lipinski definition) is 1. The van der Waals surface area contributed by atoms with Crippen molar-refractivity contribution in [2.45, 2.75) is 56.8 Å². The summed E-state index contributed by atoms with van der Waals surface area (Å²) in [4.78, 5) is 16.5. The summed E-state index contributed by atoms with van der Waals surface area (Å²) < 4.78 is 41.3. The number of carbonyl (C=O) groups is 1. The van der Waals surface area contributed by atoms with Gasteiger partial charge in [0.15, 0.2) is 0 Å². The highest BCUT2D eigenvalue weighted by molar-refractivity contribution is 5.81. The summed E-state index contributed by atoms with van der Waals surface area (Å²) in [6.07, 6.45) is 2.07. The molecule has 4 aliphatic rings. The second-order valence-corrected chi connectivity index (χ2v) is 8.75. The van der Waals surface area contributed by atoms with E-state index in [9.17, 15) is 18.0 Å². The van der Waals surface area contributed by atoms with E-state index in [1.165, 1.54) is 25.3 Å². The smallest absolute Gasteiger partial charge is 0.349 e. The van der Waals surface area contributed by atoms with Crippen molar-refractivity contribution in [3.05, 3.63) is 30.1 Å². The van der Waals surface area contributed by atoms with Gasteiger partial charge in [-0.2, -0.15) is 13.2 Å². The van der Waals surface area contributed by atoms with E-state index in [-0.39, 0.29) is 23.5 Å². The number of benzene rings is 1. The Morgan fingerprint density at radius 3 is 2.30 bits per heavy atom. The molecule has 27 heavy (non-hydrogen) atoms. The van der Waals surface area contributed by atoms with Gasteiger partial charge in [-0.15, -0.1) is 0 Å². The quantitative estimate of drug-likeness (QED) is 0.874. The van der Waals surface area contributed by atoms with E-state index < -0.39 is 12.0 Å². The Bertz CT molecular complexity index is 866. The molecule has 2 aromatic rings. The summed E-state index contributed by atoms with van der Waals surface area (Å²) in [5.41, 5.74) is 0.388. The third kappa shape index (κ3) is 2.91. The normalized spacial score (nSPS) is 32.2. The zero-order chi connectivity index (χ0) is 18.8. The van der Waals surface area contributed by atoms with Gasteiger partial charge >= 0.3 is 6.18 Å². The summed E-state index contributed by atoms with van der Waals surface area (Å²) in [5.74, 6) is 0.638. The van der Waals surface area contributed by atoms with Crippen molar-refractivity contribution < 1.29 is 18.0 Å². The van der Waals surface area contributed by atoms with Crippen molar-refractivity contribution in [1.29, 1.82) is 0 Å². The first-order chi connectivity index (χ1) is 12.8. The number of amides is 1. The molecular formula is C20H22F3N3O. The number of imidazole rings is 1. The topological polar surface area (TPSA) is 46.9 Å². The number of fused-ring (bicyclic) bond motifs is 1. The SMILES string of the molecule is O=C(Cn1c(C(F)(F)F)nc2ccccc21)NC12CC3CC(CC(C3)C1)C2. The van der Waals surface area contributed by atoms with Crippen LogP contribution < -0.4 is 5.32 Å². The molecule has 1 N–H and O–H groups in total. The van der Waals surface area contributed by atoms with Crippen LogP contribution in [0, 0.1) is 17.8 Å². The minimum absolute atomic E-state index is 0.208. The average molecular weight is 377 g/mol. The van der Waals surface area contributed by atoms with Crippen LogP contribution in [0.3, 0.4) is 0 Å². The van der Waals surface area contributed by atoms with Crippen LogP contribution in [0.25, 0.3) is 11.0 Å². The predicted octanol–water partition coefficient (Wildman–Crippen LogP) is 4.14. The molecule has 4 nitrogen and oxygen atoms in total. The number of nitrogens with one attached hydrogen (secondary N) is 1. The van der Waals surface area contributed by atoms with E-state index in [4.69, 9.17) is 0 Å². The van der Waals surface area contributed by atoms with Crippen molar-refractivity contribution in [2.24, 2.45) is 17.8 Å². The van der Waals surface area contributed by atoms with Crippen LogP contribution in [0.1, 0.15) is 44.3 Å². The van der Waals surface area contributed by atoms with Gasteiger partial charge in [0.1, 0.15) is 6.54 Å². The maximum absolute atomic E-state index is 13.4. The van der Waals surface area contributed by atoms with Gasteiger partial charge in [-0.05, 0) is 68.4 Å². The number of para-hydroxylation sites is 2. The molecule has 4 fully saturated rings. The van der Waals surface area contributed by atoms with Crippen LogP contribution in [0.15, 0.2) is 24.3 Å². The van der Waals surface area contributed by atoms with E-state index in [0.717, 1.165) is 23.8 Å². The van der Waals surface area contributed by atoms with Gasteiger partial charge in [0.2, 0.25) is 11.7 Å². The van der Waals surface area contributed by atoms with Crippen LogP contribution in [0.5, 0.6) is 0 Å². The Labute approximate surface area is 155 Å². The largest absolute Gasteiger partial charge is 0.449 e. The molecule has 1 heterocycles. The number of nitrogens with zero attached hydrogens (tertiary/aromatic N) is 2. The molecular weight excluding hydrogens is 355 g/mol. The minimum atomic E-state index is -4.60. The molecule has 1 aromatic carbocycles. The Hall–Kier alpha value is -2.05. The number of aromatic nitrogens is 2. The van der Waals surface area contributed by atoms with Crippen LogP contribution in [-0.2, 0) is 17.5 Å². The van der Waals surface area contributed by atoms with E-state index in [2.05, 4.69) is 10.3 Å². The first-order valence-corrected chi connectivity index (χ1v) is 9.65. The highest BCUT2D eigenvalue weighted by Crippen LogP contribution is 2.55. The molecule has 0 radical (unpaired) electrons. The first-order valence-electron chi connectivity index (χ1n) is 9.65. The van der Waals surface area contributed by atoms with E-state index >= 15 is 0 Å². The van der Waals surface area contributed by atoms with E-state index in [1.807, 2.05) is 0 Å². The van der Waals surface area contributed by atoms with Crippen molar-refractivity contribution in [2.75, 3.05) is 0 Å². The Morgan fingerprint density at radius 1 is 1.11 bits per heavy atom. The van der Waals surface area contributed by atoms with Crippen molar-refractivity contribution in [3.63, 3.8) is 0 Å². The molecule has 4 aliphatic carbocycles. The molecule has 0 saturated heterocycles. The van der Waals surface area contributed by atoms with E-state index in [1.54, 1.807) is 18.2 Å². The maximum atomic E-state index is 13.4. The maximum Gasteiger partial charge on any atom is 0.449 e. The van der Waals surface area contributed by atoms with Crippen molar-refractivity contribution >= 4 is 16.9 Å². The lowest BCUT2D eigenvalue weighted by Crippen LogP contribution is -2.60. The lowest BCUT2D eigenvalue weighted by molar-refractivity contribution is -0.147. The Morgan fingerprint density at radius 2 is 1.70 bits per heavy atom. The summed E-state index contributed by atoms with van der Waals surface area (Å²) >= 11 is 0. The zero-order valence-corrected chi connectivity index (χ0v) is 14.9. The second-order valence-electron chi connectivity index (χ2n) is 8.75. The van der Waals surface area contributed by atoms with Gasteiger partial charge < -0.3 is 9.88 Å². The van der Waals surface area contributed by atoms with Gasteiger partial charge in [0.25, 0.3) is 0 Å². The molecule has 1 amide bonds.